The fourth-order valence-electron chi connectivity index (χ4n) is 2.99. The molecule has 6 heteroatoms. The van der Waals surface area contributed by atoms with Gasteiger partial charge in [-0.15, -0.1) is 0 Å². The molecule has 116 valence electrons. The minimum Gasteiger partial charge on any atom is -0.302 e. The van der Waals surface area contributed by atoms with Crippen molar-refractivity contribution >= 4 is 32.1 Å². The van der Waals surface area contributed by atoms with Crippen LogP contribution < -0.4 is 0 Å². The SMILES string of the molecule is N#C[C@@]1(C=O)[C@H](c2ccc(Br)cc2)[C@@H]1S(=O)(=O)c1ccccc1. The molecule has 0 spiro atoms. The Morgan fingerprint density at radius 1 is 1.09 bits per heavy atom. The average molecular weight is 390 g/mol. The van der Waals surface area contributed by atoms with Crippen LogP contribution in [-0.4, -0.2) is 20.0 Å². The molecule has 0 amide bonds. The molecule has 3 rings (SSSR count). The highest BCUT2D eigenvalue weighted by atomic mass is 79.9. The molecule has 0 heterocycles. The van der Waals surface area contributed by atoms with Crippen molar-refractivity contribution in [2.45, 2.75) is 16.1 Å². The summed E-state index contributed by atoms with van der Waals surface area (Å²) in [6.07, 6.45) is 0.477. The number of carbonyl (C=O) groups is 1. The third-order valence-corrected chi connectivity index (χ3v) is 6.99. The summed E-state index contributed by atoms with van der Waals surface area (Å²) in [7, 11) is -3.77. The van der Waals surface area contributed by atoms with Crippen molar-refractivity contribution < 1.29 is 13.2 Å². The van der Waals surface area contributed by atoms with Crippen LogP contribution in [0.15, 0.2) is 64.0 Å². The highest BCUT2D eigenvalue weighted by Gasteiger charge is 2.72. The number of rotatable bonds is 4. The number of aldehydes is 1. The maximum Gasteiger partial charge on any atom is 0.183 e. The fraction of sp³-hybridized carbons (Fsp3) is 0.176. The van der Waals surface area contributed by atoms with Crippen molar-refractivity contribution in [3.05, 3.63) is 64.6 Å². The topological polar surface area (TPSA) is 75.0 Å². The lowest BCUT2D eigenvalue weighted by molar-refractivity contribution is -0.110. The Hall–Kier alpha value is -1.97. The van der Waals surface area contributed by atoms with Crippen molar-refractivity contribution in [1.29, 1.82) is 5.26 Å². The predicted molar refractivity (Wildman–Crippen MR) is 88.4 cm³/mol. The van der Waals surface area contributed by atoms with E-state index >= 15 is 0 Å². The van der Waals surface area contributed by atoms with Gasteiger partial charge in [0, 0.05) is 10.4 Å². The van der Waals surface area contributed by atoms with Gasteiger partial charge >= 0.3 is 0 Å². The molecular formula is C17H12BrNO3S. The summed E-state index contributed by atoms with van der Waals surface area (Å²) < 4.78 is 26.6. The van der Waals surface area contributed by atoms with Crippen molar-refractivity contribution in [1.82, 2.24) is 0 Å². The van der Waals surface area contributed by atoms with Crippen LogP contribution in [0.1, 0.15) is 11.5 Å². The van der Waals surface area contributed by atoms with Gasteiger partial charge in [-0.1, -0.05) is 46.3 Å². The Kier molecular flexibility index (Phi) is 3.86. The molecule has 0 unspecified atom stereocenters. The number of hydrogen-bond acceptors (Lipinski definition) is 4. The second-order valence-corrected chi connectivity index (χ2v) is 8.46. The van der Waals surface area contributed by atoms with Gasteiger partial charge in [-0.25, -0.2) is 8.42 Å². The summed E-state index contributed by atoms with van der Waals surface area (Å²) in [5, 5.41) is 8.41. The molecule has 0 aromatic heterocycles. The summed E-state index contributed by atoms with van der Waals surface area (Å²) in [5.74, 6) is -0.650. The minimum absolute atomic E-state index is 0.131. The summed E-state index contributed by atoms with van der Waals surface area (Å²) in [4.78, 5) is 11.7. The van der Waals surface area contributed by atoms with Crippen LogP contribution in [0.2, 0.25) is 0 Å². The Morgan fingerprint density at radius 3 is 2.22 bits per heavy atom. The number of carbonyl (C=O) groups excluding carboxylic acids is 1. The first kappa shape index (κ1) is 15.9. The first-order chi connectivity index (χ1) is 11.0. The lowest BCUT2D eigenvalue weighted by Crippen LogP contribution is -2.16. The third-order valence-electron chi connectivity index (χ3n) is 4.20. The van der Waals surface area contributed by atoms with Crippen LogP contribution in [0.3, 0.4) is 0 Å². The molecule has 1 fully saturated rings. The number of benzene rings is 2. The lowest BCUT2D eigenvalue weighted by Gasteiger charge is -2.04. The highest BCUT2D eigenvalue weighted by Crippen LogP contribution is 2.62. The van der Waals surface area contributed by atoms with Crippen LogP contribution in [0, 0.1) is 16.7 Å². The lowest BCUT2D eigenvalue weighted by atomic mass is 10.0. The van der Waals surface area contributed by atoms with Gasteiger partial charge in [-0.2, -0.15) is 5.26 Å². The van der Waals surface area contributed by atoms with Crippen LogP contribution in [0.5, 0.6) is 0 Å². The van der Waals surface area contributed by atoms with Crippen molar-refractivity contribution in [3.63, 3.8) is 0 Å². The standard InChI is InChI=1S/C17H12BrNO3S/c18-13-8-6-12(7-9-13)15-16(17(15,10-19)11-20)23(21,22)14-4-2-1-3-5-14/h1-9,11,15-16H/t15-,16+,17-/m1/s1. The zero-order valence-electron chi connectivity index (χ0n) is 11.9. The monoisotopic (exact) mass is 389 g/mol. The maximum absolute atomic E-state index is 12.9. The molecule has 1 saturated carbocycles. The smallest absolute Gasteiger partial charge is 0.183 e. The van der Waals surface area contributed by atoms with Crippen LogP contribution in [-0.2, 0) is 14.6 Å². The van der Waals surface area contributed by atoms with Gasteiger partial charge in [0.1, 0.15) is 17.0 Å². The van der Waals surface area contributed by atoms with Gasteiger partial charge in [0.2, 0.25) is 0 Å². The van der Waals surface area contributed by atoms with E-state index in [1.807, 2.05) is 6.07 Å². The van der Waals surface area contributed by atoms with Crippen LogP contribution in [0.25, 0.3) is 0 Å². The largest absolute Gasteiger partial charge is 0.302 e. The van der Waals surface area contributed by atoms with Crippen molar-refractivity contribution in [3.8, 4) is 6.07 Å². The number of nitrogens with zero attached hydrogens (tertiary/aromatic N) is 1. The Bertz CT molecular complexity index is 888. The van der Waals surface area contributed by atoms with Gasteiger partial charge in [-0.05, 0) is 29.8 Å². The number of sulfone groups is 1. The zero-order valence-corrected chi connectivity index (χ0v) is 14.3. The Morgan fingerprint density at radius 2 is 1.70 bits per heavy atom. The maximum atomic E-state index is 12.9. The molecule has 0 aliphatic heterocycles. The molecule has 0 saturated heterocycles. The van der Waals surface area contributed by atoms with Gasteiger partial charge in [0.15, 0.2) is 9.84 Å². The van der Waals surface area contributed by atoms with E-state index in [9.17, 15) is 18.5 Å². The van der Waals surface area contributed by atoms with Gasteiger partial charge in [-0.3, -0.25) is 0 Å². The summed E-state index contributed by atoms with van der Waals surface area (Å²) in [5.41, 5.74) is -0.853. The molecule has 1 aliphatic rings. The summed E-state index contributed by atoms with van der Waals surface area (Å²) in [6, 6.07) is 16.9. The van der Waals surface area contributed by atoms with E-state index < -0.39 is 26.4 Å². The fourth-order valence-corrected chi connectivity index (χ4v) is 5.51. The third kappa shape index (κ3) is 2.41. The Labute approximate surface area is 142 Å². The number of nitriles is 1. The molecule has 4 nitrogen and oxygen atoms in total. The number of halogens is 1. The highest BCUT2D eigenvalue weighted by molar-refractivity contribution is 9.10. The van der Waals surface area contributed by atoms with Crippen LogP contribution >= 0.6 is 15.9 Å². The molecule has 0 N–H and O–H groups in total. The second-order valence-electron chi connectivity index (χ2n) is 5.47. The van der Waals surface area contributed by atoms with Crippen molar-refractivity contribution in [2.75, 3.05) is 0 Å². The van der Waals surface area contributed by atoms with E-state index in [4.69, 9.17) is 0 Å². The summed E-state index contributed by atoms with van der Waals surface area (Å²) >= 11 is 3.32. The normalized spacial score (nSPS) is 26.3. The van der Waals surface area contributed by atoms with Crippen LogP contribution in [0.4, 0.5) is 0 Å². The minimum atomic E-state index is -3.77. The van der Waals surface area contributed by atoms with Gasteiger partial charge in [0.05, 0.1) is 11.0 Å². The number of hydrogen-bond donors (Lipinski definition) is 0. The first-order valence-electron chi connectivity index (χ1n) is 6.89. The zero-order chi connectivity index (χ0) is 16.7. The predicted octanol–water partition coefficient (Wildman–Crippen LogP) is 3.10. The van der Waals surface area contributed by atoms with E-state index in [1.165, 1.54) is 12.1 Å². The molecule has 2 aromatic rings. The average Bonchev–Trinajstić information content (AvgIpc) is 3.27. The molecule has 23 heavy (non-hydrogen) atoms. The Balaban J connectivity index is 2.09. The van der Waals surface area contributed by atoms with E-state index in [2.05, 4.69) is 15.9 Å². The molecule has 0 radical (unpaired) electrons. The molecule has 3 atom stereocenters. The van der Waals surface area contributed by atoms with E-state index in [0.29, 0.717) is 11.8 Å². The van der Waals surface area contributed by atoms with Crippen molar-refractivity contribution in [2.24, 2.45) is 5.41 Å². The van der Waals surface area contributed by atoms with Gasteiger partial charge in [0.25, 0.3) is 0 Å². The van der Waals surface area contributed by atoms with E-state index in [0.717, 1.165) is 4.47 Å². The van der Waals surface area contributed by atoms with E-state index in [-0.39, 0.29) is 4.90 Å². The second kappa shape index (κ2) is 5.59. The molecule has 1 aliphatic carbocycles. The van der Waals surface area contributed by atoms with E-state index in [1.54, 1.807) is 42.5 Å². The summed E-state index contributed by atoms with van der Waals surface area (Å²) in [6.45, 7) is 0. The molecular weight excluding hydrogens is 378 g/mol. The molecule has 2 aromatic carbocycles. The quantitative estimate of drug-likeness (QED) is 0.752. The first-order valence-corrected chi connectivity index (χ1v) is 9.23. The van der Waals surface area contributed by atoms with Gasteiger partial charge < -0.3 is 4.79 Å². The molecule has 0 bridgehead atoms.